The number of halogens is 1. The van der Waals surface area contributed by atoms with Gasteiger partial charge in [0.2, 0.25) is 5.78 Å². The zero-order chi connectivity index (χ0) is 11.5. The molecule has 0 aliphatic rings. The number of Topliss-reactive ketones (excluding diaryl/α,β-unsaturated/α-hetero) is 1. The minimum atomic E-state index is -0.00817. The van der Waals surface area contributed by atoms with Crippen LogP contribution in [0.1, 0.15) is 21.7 Å². The zero-order valence-electron chi connectivity index (χ0n) is 8.87. The van der Waals surface area contributed by atoms with Crippen LogP contribution in [0.15, 0.2) is 45.5 Å². The van der Waals surface area contributed by atoms with E-state index < -0.39 is 0 Å². The lowest BCUT2D eigenvalue weighted by Crippen LogP contribution is -2.04. The standard InChI is InChI=1S/C13H11BrO2/c1-9-4-2-3-5-10(9)8-12(15)13-11(14)6-7-16-13/h2-7H,8H2,1H3. The molecule has 0 fully saturated rings. The Morgan fingerprint density at radius 1 is 1.31 bits per heavy atom. The van der Waals surface area contributed by atoms with Crippen molar-refractivity contribution in [2.24, 2.45) is 0 Å². The number of ketones is 1. The first-order valence-electron chi connectivity index (χ1n) is 4.99. The van der Waals surface area contributed by atoms with E-state index >= 15 is 0 Å². The molecule has 0 unspecified atom stereocenters. The Morgan fingerprint density at radius 3 is 2.69 bits per heavy atom. The predicted molar refractivity (Wildman–Crippen MR) is 65.6 cm³/mol. The van der Waals surface area contributed by atoms with Crippen molar-refractivity contribution in [3.8, 4) is 0 Å². The van der Waals surface area contributed by atoms with Crippen molar-refractivity contribution >= 4 is 21.7 Å². The Kier molecular flexibility index (Phi) is 3.25. The molecular weight excluding hydrogens is 268 g/mol. The highest BCUT2D eigenvalue weighted by Crippen LogP contribution is 2.20. The first-order valence-corrected chi connectivity index (χ1v) is 5.78. The van der Waals surface area contributed by atoms with Gasteiger partial charge in [-0.1, -0.05) is 24.3 Å². The Hall–Kier alpha value is -1.35. The highest BCUT2D eigenvalue weighted by Gasteiger charge is 2.14. The van der Waals surface area contributed by atoms with E-state index in [0.717, 1.165) is 11.1 Å². The SMILES string of the molecule is Cc1ccccc1CC(=O)c1occc1Br. The molecule has 0 aliphatic carbocycles. The molecule has 16 heavy (non-hydrogen) atoms. The summed E-state index contributed by atoms with van der Waals surface area (Å²) in [6, 6.07) is 9.59. The molecular formula is C13H11BrO2. The molecule has 0 bridgehead atoms. The van der Waals surface area contributed by atoms with E-state index in [1.807, 2.05) is 31.2 Å². The highest BCUT2D eigenvalue weighted by atomic mass is 79.9. The van der Waals surface area contributed by atoms with Crippen LogP contribution in [0.2, 0.25) is 0 Å². The third-order valence-electron chi connectivity index (χ3n) is 2.48. The summed E-state index contributed by atoms with van der Waals surface area (Å²) in [5.74, 6) is 0.384. The van der Waals surface area contributed by atoms with E-state index in [9.17, 15) is 4.79 Å². The first kappa shape index (κ1) is 11.1. The van der Waals surface area contributed by atoms with E-state index in [1.165, 1.54) is 6.26 Å². The number of hydrogen-bond acceptors (Lipinski definition) is 2. The van der Waals surface area contributed by atoms with Gasteiger partial charge in [0.05, 0.1) is 10.7 Å². The summed E-state index contributed by atoms with van der Waals surface area (Å²) >= 11 is 3.28. The van der Waals surface area contributed by atoms with E-state index in [4.69, 9.17) is 4.42 Å². The Balaban J connectivity index is 2.21. The Morgan fingerprint density at radius 2 is 2.06 bits per heavy atom. The largest absolute Gasteiger partial charge is 0.460 e. The molecule has 0 atom stereocenters. The number of rotatable bonds is 3. The van der Waals surface area contributed by atoms with E-state index in [-0.39, 0.29) is 5.78 Å². The maximum atomic E-state index is 11.9. The third-order valence-corrected chi connectivity index (χ3v) is 3.11. The fourth-order valence-electron chi connectivity index (χ4n) is 1.55. The molecule has 3 heteroatoms. The maximum Gasteiger partial charge on any atom is 0.203 e. The highest BCUT2D eigenvalue weighted by molar-refractivity contribution is 9.10. The molecule has 0 amide bonds. The van der Waals surface area contributed by atoms with Gasteiger partial charge in [0.1, 0.15) is 0 Å². The molecule has 1 heterocycles. The van der Waals surface area contributed by atoms with Gasteiger partial charge < -0.3 is 4.42 Å². The minimum absolute atomic E-state index is 0.00817. The zero-order valence-corrected chi connectivity index (χ0v) is 10.5. The Bertz CT molecular complexity index is 514. The first-order chi connectivity index (χ1) is 7.68. The molecule has 0 spiro atoms. The minimum Gasteiger partial charge on any atom is -0.460 e. The molecule has 0 saturated carbocycles. The smallest absolute Gasteiger partial charge is 0.203 e. The lowest BCUT2D eigenvalue weighted by Gasteiger charge is -2.03. The molecule has 2 nitrogen and oxygen atoms in total. The summed E-state index contributed by atoms with van der Waals surface area (Å²) in [6.45, 7) is 2.00. The maximum absolute atomic E-state index is 11.9. The summed E-state index contributed by atoms with van der Waals surface area (Å²) in [7, 11) is 0. The second-order valence-electron chi connectivity index (χ2n) is 3.62. The second-order valence-corrected chi connectivity index (χ2v) is 4.48. The van der Waals surface area contributed by atoms with Gasteiger partial charge in [0.15, 0.2) is 5.76 Å². The molecule has 82 valence electrons. The van der Waals surface area contributed by atoms with E-state index in [2.05, 4.69) is 15.9 Å². The van der Waals surface area contributed by atoms with Gasteiger partial charge in [0, 0.05) is 6.42 Å². The summed E-state index contributed by atoms with van der Waals surface area (Å²) in [5.41, 5.74) is 2.16. The number of carbonyl (C=O) groups is 1. The summed E-state index contributed by atoms with van der Waals surface area (Å²) in [4.78, 5) is 11.9. The van der Waals surface area contributed by atoms with Crippen molar-refractivity contribution < 1.29 is 9.21 Å². The number of carbonyl (C=O) groups excluding carboxylic acids is 1. The van der Waals surface area contributed by atoms with Crippen LogP contribution in [0.25, 0.3) is 0 Å². The lowest BCUT2D eigenvalue weighted by molar-refractivity contribution is 0.0965. The van der Waals surface area contributed by atoms with Gasteiger partial charge >= 0.3 is 0 Å². The van der Waals surface area contributed by atoms with Gasteiger partial charge in [-0.2, -0.15) is 0 Å². The van der Waals surface area contributed by atoms with Gasteiger partial charge in [-0.05, 0) is 40.0 Å². The molecule has 0 radical (unpaired) electrons. The molecule has 1 aromatic carbocycles. The summed E-state index contributed by atoms with van der Waals surface area (Å²) < 4.78 is 5.86. The summed E-state index contributed by atoms with van der Waals surface area (Å²) in [5, 5.41) is 0. The normalized spacial score (nSPS) is 10.4. The molecule has 2 rings (SSSR count). The van der Waals surface area contributed by atoms with Crippen molar-refractivity contribution in [1.29, 1.82) is 0 Å². The van der Waals surface area contributed by atoms with Crippen LogP contribution in [-0.4, -0.2) is 5.78 Å². The second kappa shape index (κ2) is 4.66. The molecule has 2 aromatic rings. The van der Waals surface area contributed by atoms with Crippen LogP contribution in [0.4, 0.5) is 0 Å². The van der Waals surface area contributed by atoms with Crippen LogP contribution in [-0.2, 0) is 6.42 Å². The fourth-order valence-corrected chi connectivity index (χ4v) is 1.98. The van der Waals surface area contributed by atoms with Gasteiger partial charge in [-0.25, -0.2) is 0 Å². The van der Waals surface area contributed by atoms with Crippen molar-refractivity contribution in [2.45, 2.75) is 13.3 Å². The Labute approximate surface area is 102 Å². The number of aryl methyl sites for hydroxylation is 1. The number of benzene rings is 1. The third kappa shape index (κ3) is 2.25. The number of furan rings is 1. The van der Waals surface area contributed by atoms with Gasteiger partial charge in [-0.15, -0.1) is 0 Å². The summed E-state index contributed by atoms with van der Waals surface area (Å²) in [6.07, 6.45) is 1.88. The lowest BCUT2D eigenvalue weighted by atomic mass is 10.0. The van der Waals surface area contributed by atoms with Crippen molar-refractivity contribution in [1.82, 2.24) is 0 Å². The van der Waals surface area contributed by atoms with Gasteiger partial charge in [-0.3, -0.25) is 4.79 Å². The molecule has 0 aliphatic heterocycles. The predicted octanol–water partition coefficient (Wildman–Crippen LogP) is 3.78. The van der Waals surface area contributed by atoms with Crippen molar-refractivity contribution in [3.63, 3.8) is 0 Å². The van der Waals surface area contributed by atoms with E-state index in [0.29, 0.717) is 16.7 Å². The van der Waals surface area contributed by atoms with E-state index in [1.54, 1.807) is 6.07 Å². The molecule has 0 N–H and O–H groups in total. The molecule has 0 saturated heterocycles. The van der Waals surface area contributed by atoms with Crippen molar-refractivity contribution in [2.75, 3.05) is 0 Å². The number of hydrogen-bond donors (Lipinski definition) is 0. The van der Waals surface area contributed by atoms with Crippen LogP contribution >= 0.6 is 15.9 Å². The molecule has 1 aromatic heterocycles. The topological polar surface area (TPSA) is 30.2 Å². The quantitative estimate of drug-likeness (QED) is 0.800. The average molecular weight is 279 g/mol. The average Bonchev–Trinajstić information content (AvgIpc) is 2.68. The van der Waals surface area contributed by atoms with Gasteiger partial charge in [0.25, 0.3) is 0 Å². The van der Waals surface area contributed by atoms with Crippen LogP contribution in [0.3, 0.4) is 0 Å². The monoisotopic (exact) mass is 278 g/mol. The van der Waals surface area contributed by atoms with Crippen molar-refractivity contribution in [3.05, 3.63) is 58.0 Å². The fraction of sp³-hybridized carbons (Fsp3) is 0.154. The van der Waals surface area contributed by atoms with Crippen LogP contribution in [0, 0.1) is 6.92 Å². The van der Waals surface area contributed by atoms with Crippen LogP contribution in [0.5, 0.6) is 0 Å². The van der Waals surface area contributed by atoms with Crippen LogP contribution < -0.4 is 0 Å².